The lowest BCUT2D eigenvalue weighted by Crippen LogP contribution is -2.20. The maximum absolute atomic E-state index is 12.4. The number of benzene rings is 3. The van der Waals surface area contributed by atoms with E-state index in [0.29, 0.717) is 16.3 Å². The van der Waals surface area contributed by atoms with Gasteiger partial charge in [0.2, 0.25) is 0 Å². The van der Waals surface area contributed by atoms with Crippen LogP contribution in [0.25, 0.3) is 32.6 Å². The summed E-state index contributed by atoms with van der Waals surface area (Å²) < 4.78 is 0. The predicted octanol–water partition coefficient (Wildman–Crippen LogP) is 2.77. The molecule has 6 nitrogen and oxygen atoms in total. The minimum Gasteiger partial charge on any atom is -0.507 e. The predicted molar refractivity (Wildman–Crippen MR) is 88.4 cm³/mol. The van der Waals surface area contributed by atoms with Crippen molar-refractivity contribution in [2.45, 2.75) is 0 Å². The summed E-state index contributed by atoms with van der Waals surface area (Å²) in [6.07, 6.45) is 0. The zero-order valence-corrected chi connectivity index (χ0v) is 12.2. The third kappa shape index (κ3) is 1.35. The van der Waals surface area contributed by atoms with Gasteiger partial charge in [-0.2, -0.15) is 0 Å². The first-order valence-corrected chi connectivity index (χ1v) is 7.34. The Labute approximate surface area is 134 Å². The maximum Gasteiger partial charge on any atom is 0.259 e. The van der Waals surface area contributed by atoms with Crippen LogP contribution in [0.15, 0.2) is 36.4 Å². The maximum atomic E-state index is 12.4. The number of carbonyl (C=O) groups excluding carboxylic acids is 2. The molecule has 0 radical (unpaired) electrons. The number of aromatic nitrogens is 1. The number of amides is 2. The fourth-order valence-corrected chi connectivity index (χ4v) is 3.61. The van der Waals surface area contributed by atoms with Gasteiger partial charge in [-0.3, -0.25) is 14.9 Å². The van der Waals surface area contributed by atoms with Gasteiger partial charge in [-0.05, 0) is 18.2 Å². The molecule has 1 aromatic heterocycles. The van der Waals surface area contributed by atoms with Crippen molar-refractivity contribution in [3.05, 3.63) is 47.5 Å². The minimum absolute atomic E-state index is 0.0747. The Morgan fingerprint density at radius 3 is 2.12 bits per heavy atom. The van der Waals surface area contributed by atoms with Gasteiger partial charge >= 0.3 is 0 Å². The number of H-pyrrole nitrogens is 1. The summed E-state index contributed by atoms with van der Waals surface area (Å²) in [5, 5.41) is 24.8. The van der Waals surface area contributed by atoms with Crippen LogP contribution in [0.3, 0.4) is 0 Å². The number of phenols is 2. The number of para-hydroxylation sites is 1. The fourth-order valence-electron chi connectivity index (χ4n) is 3.61. The lowest BCUT2D eigenvalue weighted by Gasteiger charge is -2.09. The van der Waals surface area contributed by atoms with Crippen LogP contribution in [0, 0.1) is 0 Å². The molecule has 1 aliphatic rings. The second-order valence-corrected chi connectivity index (χ2v) is 5.81. The Balaban J connectivity index is 2.23. The Morgan fingerprint density at radius 1 is 0.750 bits per heavy atom. The van der Waals surface area contributed by atoms with Gasteiger partial charge in [0.25, 0.3) is 11.8 Å². The van der Waals surface area contributed by atoms with Crippen molar-refractivity contribution < 1.29 is 19.8 Å². The van der Waals surface area contributed by atoms with Crippen LogP contribution in [-0.2, 0) is 0 Å². The van der Waals surface area contributed by atoms with Crippen LogP contribution in [0.4, 0.5) is 0 Å². The molecule has 0 unspecified atom stereocenters. The van der Waals surface area contributed by atoms with Gasteiger partial charge in [0, 0.05) is 21.7 Å². The second-order valence-electron chi connectivity index (χ2n) is 5.81. The highest BCUT2D eigenvalue weighted by Crippen LogP contribution is 2.45. The highest BCUT2D eigenvalue weighted by atomic mass is 16.3. The molecule has 0 fully saturated rings. The van der Waals surface area contributed by atoms with E-state index in [1.54, 1.807) is 0 Å². The molecule has 4 N–H and O–H groups in total. The van der Waals surface area contributed by atoms with E-state index in [1.807, 2.05) is 24.3 Å². The molecule has 0 saturated carbocycles. The Bertz CT molecular complexity index is 1240. The van der Waals surface area contributed by atoms with Crippen LogP contribution in [0.1, 0.15) is 20.7 Å². The molecule has 0 saturated heterocycles. The summed E-state index contributed by atoms with van der Waals surface area (Å²) >= 11 is 0. The quantitative estimate of drug-likeness (QED) is 0.296. The van der Waals surface area contributed by atoms with Gasteiger partial charge in [0.15, 0.2) is 0 Å². The van der Waals surface area contributed by atoms with Gasteiger partial charge in [-0.25, -0.2) is 0 Å². The van der Waals surface area contributed by atoms with Gasteiger partial charge in [-0.15, -0.1) is 0 Å². The second kappa shape index (κ2) is 4.05. The number of imide groups is 1. The summed E-state index contributed by atoms with van der Waals surface area (Å²) in [7, 11) is 0. The normalized spacial score (nSPS) is 13.8. The van der Waals surface area contributed by atoms with E-state index in [-0.39, 0.29) is 28.0 Å². The largest absolute Gasteiger partial charge is 0.507 e. The molecule has 0 spiro atoms. The number of hydrogen-bond acceptors (Lipinski definition) is 4. The van der Waals surface area contributed by atoms with Gasteiger partial charge < -0.3 is 15.2 Å². The average Bonchev–Trinajstić information content (AvgIpc) is 3.08. The molecule has 3 aromatic carbocycles. The van der Waals surface area contributed by atoms with E-state index in [2.05, 4.69) is 10.3 Å². The molecule has 116 valence electrons. The molecule has 6 heteroatoms. The SMILES string of the molecule is O=C1NC(=O)c2c1c1c(O)ccc(O)c1c1[nH]c3ccccc3c21. The first-order chi connectivity index (χ1) is 11.6. The van der Waals surface area contributed by atoms with Crippen LogP contribution in [-0.4, -0.2) is 27.0 Å². The number of rotatable bonds is 0. The molecule has 2 amide bonds. The number of aromatic amines is 1. The molecule has 1 aliphatic heterocycles. The molecule has 0 atom stereocenters. The molecule has 0 bridgehead atoms. The van der Waals surface area contributed by atoms with E-state index >= 15 is 0 Å². The van der Waals surface area contributed by atoms with E-state index in [9.17, 15) is 19.8 Å². The lowest BCUT2D eigenvalue weighted by atomic mass is 9.94. The first-order valence-electron chi connectivity index (χ1n) is 7.34. The Hall–Kier alpha value is -3.54. The summed E-state index contributed by atoms with van der Waals surface area (Å²) in [6, 6.07) is 10.1. The summed E-state index contributed by atoms with van der Waals surface area (Å²) in [5.74, 6) is -1.32. The van der Waals surface area contributed by atoms with Crippen LogP contribution < -0.4 is 5.32 Å². The van der Waals surface area contributed by atoms with Crippen molar-refractivity contribution in [3.63, 3.8) is 0 Å². The number of nitrogens with one attached hydrogen (secondary N) is 2. The zero-order chi connectivity index (χ0) is 16.6. The number of carbonyl (C=O) groups is 2. The van der Waals surface area contributed by atoms with E-state index < -0.39 is 11.8 Å². The lowest BCUT2D eigenvalue weighted by molar-refractivity contribution is 0.0880. The first kappa shape index (κ1) is 13.0. The summed E-state index contributed by atoms with van der Waals surface area (Å²) in [4.78, 5) is 27.9. The Kier molecular flexibility index (Phi) is 2.19. The average molecular weight is 318 g/mol. The molecule has 24 heavy (non-hydrogen) atoms. The smallest absolute Gasteiger partial charge is 0.259 e. The van der Waals surface area contributed by atoms with E-state index in [4.69, 9.17) is 0 Å². The number of hydrogen-bond donors (Lipinski definition) is 4. The highest BCUT2D eigenvalue weighted by molar-refractivity contribution is 6.37. The third-order valence-corrected chi connectivity index (χ3v) is 4.55. The zero-order valence-electron chi connectivity index (χ0n) is 12.2. The van der Waals surface area contributed by atoms with Gasteiger partial charge in [0.05, 0.1) is 22.0 Å². The van der Waals surface area contributed by atoms with Crippen molar-refractivity contribution in [3.8, 4) is 11.5 Å². The van der Waals surface area contributed by atoms with Crippen molar-refractivity contribution in [1.82, 2.24) is 10.3 Å². The van der Waals surface area contributed by atoms with Crippen molar-refractivity contribution in [1.29, 1.82) is 0 Å². The van der Waals surface area contributed by atoms with Crippen molar-refractivity contribution in [2.75, 3.05) is 0 Å². The highest BCUT2D eigenvalue weighted by Gasteiger charge is 2.35. The number of phenolic OH excluding ortho intramolecular Hbond substituents is 2. The van der Waals surface area contributed by atoms with Gasteiger partial charge in [-0.1, -0.05) is 18.2 Å². The topological polar surface area (TPSA) is 102 Å². The van der Waals surface area contributed by atoms with E-state index in [0.717, 1.165) is 10.9 Å². The van der Waals surface area contributed by atoms with Crippen LogP contribution >= 0.6 is 0 Å². The fraction of sp³-hybridized carbons (Fsp3) is 0. The molecule has 4 aromatic rings. The number of fused-ring (bicyclic) bond motifs is 8. The van der Waals surface area contributed by atoms with Crippen LogP contribution in [0.5, 0.6) is 11.5 Å². The van der Waals surface area contributed by atoms with Crippen molar-refractivity contribution in [2.24, 2.45) is 0 Å². The molecule has 0 aliphatic carbocycles. The third-order valence-electron chi connectivity index (χ3n) is 4.55. The Morgan fingerprint density at radius 2 is 1.38 bits per heavy atom. The molecular formula is C18H10N2O4. The molecular weight excluding hydrogens is 308 g/mol. The minimum atomic E-state index is -0.576. The molecule has 2 heterocycles. The number of aromatic hydroxyl groups is 2. The standard InChI is InChI=1S/C18H10N2O4/c21-9-5-6-10(22)13-12(9)15-14(17(23)20-18(15)24)11-7-3-1-2-4-8(7)19-16(11)13/h1-6,19,21-22H,(H,20,23,24). The summed E-state index contributed by atoms with van der Waals surface area (Å²) in [6.45, 7) is 0. The summed E-state index contributed by atoms with van der Waals surface area (Å²) in [5.41, 5.74) is 1.61. The monoisotopic (exact) mass is 318 g/mol. The van der Waals surface area contributed by atoms with Crippen LogP contribution in [0.2, 0.25) is 0 Å². The molecule has 5 rings (SSSR count). The van der Waals surface area contributed by atoms with E-state index in [1.165, 1.54) is 12.1 Å². The van der Waals surface area contributed by atoms with Gasteiger partial charge in [0.1, 0.15) is 11.5 Å². The van der Waals surface area contributed by atoms with Crippen molar-refractivity contribution >= 4 is 44.4 Å².